The zero-order valence-corrected chi connectivity index (χ0v) is 18.7. The van der Waals surface area contributed by atoms with Gasteiger partial charge in [-0.05, 0) is 50.5 Å². The number of aliphatic carboxylic acids is 1. The van der Waals surface area contributed by atoms with Crippen LogP contribution in [-0.4, -0.2) is 45.1 Å². The molecule has 0 bridgehead atoms. The molecule has 0 unspecified atom stereocenters. The molecule has 6 nitrogen and oxygen atoms in total. The van der Waals surface area contributed by atoms with Crippen molar-refractivity contribution in [1.29, 1.82) is 0 Å². The summed E-state index contributed by atoms with van der Waals surface area (Å²) in [5.41, 5.74) is 2.32. The summed E-state index contributed by atoms with van der Waals surface area (Å²) in [5, 5.41) is 24.0. The molecule has 2 aliphatic rings. The Morgan fingerprint density at radius 1 is 1.39 bits per heavy atom. The first-order chi connectivity index (χ1) is 14.8. The Morgan fingerprint density at radius 3 is 2.74 bits per heavy atom. The summed E-state index contributed by atoms with van der Waals surface area (Å²) in [6.07, 6.45) is 4.87. The van der Waals surface area contributed by atoms with Gasteiger partial charge in [-0.3, -0.25) is 4.79 Å². The summed E-state index contributed by atoms with van der Waals surface area (Å²) < 4.78 is 6.14. The summed E-state index contributed by atoms with van der Waals surface area (Å²) in [6.45, 7) is 5.57. The van der Waals surface area contributed by atoms with Gasteiger partial charge in [0, 0.05) is 17.7 Å². The SMILES string of the molecule is C=CCC/C(C)=C(/C(=O)O)[C@@H]1C[C@@H](CCc2ccccc2)O[C@@](O)([C@@H]2CSC(=O)N2)C1. The third kappa shape index (κ3) is 5.99. The molecule has 3 rings (SSSR count). The lowest BCUT2D eigenvalue weighted by molar-refractivity contribution is -0.272. The van der Waals surface area contributed by atoms with Crippen LogP contribution < -0.4 is 5.32 Å². The average Bonchev–Trinajstić information content (AvgIpc) is 3.18. The lowest BCUT2D eigenvalue weighted by Crippen LogP contribution is -2.57. The number of hydrogen-bond acceptors (Lipinski definition) is 5. The minimum atomic E-state index is -1.59. The number of carboxylic acids is 1. The first-order valence-electron chi connectivity index (χ1n) is 10.7. The molecule has 1 aromatic carbocycles. The Kier molecular flexibility index (Phi) is 7.97. The van der Waals surface area contributed by atoms with E-state index in [1.165, 1.54) is 0 Å². The molecule has 2 fully saturated rings. The average molecular weight is 446 g/mol. The molecule has 1 amide bonds. The monoisotopic (exact) mass is 445 g/mol. The summed E-state index contributed by atoms with van der Waals surface area (Å²) in [7, 11) is 0. The van der Waals surface area contributed by atoms with Gasteiger partial charge >= 0.3 is 5.97 Å². The molecule has 0 saturated carbocycles. The standard InChI is InChI=1S/C24H31NO5S/c1-3-4-8-16(2)21(22(26)27)18-13-19(12-11-17-9-6-5-7-10-17)30-24(29,14-18)20-15-31-23(28)25-20/h3,5-7,9-10,18-20,29H,1,4,8,11-15H2,2H3,(H,25,28)(H,26,27)/b21-16+/t18-,19-,20+,24-/m1/s1. The molecule has 2 heterocycles. The van der Waals surface area contributed by atoms with Crippen LogP contribution in [0.4, 0.5) is 4.79 Å². The van der Waals surface area contributed by atoms with Gasteiger partial charge in [-0.15, -0.1) is 6.58 Å². The predicted molar refractivity (Wildman–Crippen MR) is 122 cm³/mol. The number of carbonyl (C=O) groups is 2. The summed E-state index contributed by atoms with van der Waals surface area (Å²) in [6, 6.07) is 9.46. The van der Waals surface area contributed by atoms with E-state index in [1.807, 2.05) is 37.3 Å². The van der Waals surface area contributed by atoms with E-state index in [1.54, 1.807) is 6.08 Å². The first kappa shape index (κ1) is 23.6. The lowest BCUT2D eigenvalue weighted by atomic mass is 9.78. The maximum absolute atomic E-state index is 12.2. The third-order valence-electron chi connectivity index (χ3n) is 6.09. The van der Waals surface area contributed by atoms with Crippen molar-refractivity contribution in [1.82, 2.24) is 5.32 Å². The molecule has 0 aromatic heterocycles. The van der Waals surface area contributed by atoms with Crippen LogP contribution in [0.1, 0.15) is 44.6 Å². The number of hydrogen-bond donors (Lipinski definition) is 3. The van der Waals surface area contributed by atoms with Crippen molar-refractivity contribution < 1.29 is 24.5 Å². The molecule has 3 N–H and O–H groups in total. The number of amides is 1. The Bertz CT molecular complexity index is 840. The number of carboxylic acid groups (broad SMARTS) is 1. The van der Waals surface area contributed by atoms with Crippen LogP contribution in [0, 0.1) is 5.92 Å². The highest BCUT2D eigenvalue weighted by atomic mass is 32.2. The van der Waals surface area contributed by atoms with Crippen molar-refractivity contribution in [2.45, 2.75) is 63.4 Å². The van der Waals surface area contributed by atoms with Gasteiger partial charge in [-0.1, -0.05) is 53.7 Å². The molecule has 0 aliphatic carbocycles. The highest BCUT2D eigenvalue weighted by Gasteiger charge is 2.50. The first-order valence-corrected chi connectivity index (χ1v) is 11.7. The summed E-state index contributed by atoms with van der Waals surface area (Å²) >= 11 is 1.11. The van der Waals surface area contributed by atoms with Crippen molar-refractivity contribution in [3.8, 4) is 0 Å². The fourth-order valence-electron chi connectivity index (χ4n) is 4.52. The van der Waals surface area contributed by atoms with E-state index in [-0.39, 0.29) is 23.7 Å². The molecule has 1 aromatic rings. The number of benzene rings is 1. The Hall–Kier alpha value is -2.09. The Morgan fingerprint density at radius 2 is 2.13 bits per heavy atom. The molecular weight excluding hydrogens is 414 g/mol. The van der Waals surface area contributed by atoms with Gasteiger partial charge in [-0.2, -0.15) is 0 Å². The summed E-state index contributed by atoms with van der Waals surface area (Å²) in [5.74, 6) is -2.51. The Balaban J connectivity index is 1.85. The van der Waals surface area contributed by atoms with E-state index in [2.05, 4.69) is 11.9 Å². The van der Waals surface area contributed by atoms with E-state index in [9.17, 15) is 19.8 Å². The fraction of sp³-hybridized carbons (Fsp3) is 0.500. The minimum absolute atomic E-state index is 0.146. The smallest absolute Gasteiger partial charge is 0.331 e. The van der Waals surface area contributed by atoms with Crippen molar-refractivity contribution in [2.75, 3.05) is 5.75 Å². The van der Waals surface area contributed by atoms with Crippen LogP contribution in [0.3, 0.4) is 0 Å². The minimum Gasteiger partial charge on any atom is -0.478 e. The number of allylic oxidation sites excluding steroid dienone is 2. The lowest BCUT2D eigenvalue weighted by Gasteiger charge is -2.44. The Labute approximate surface area is 187 Å². The normalized spacial score (nSPS) is 29.2. The van der Waals surface area contributed by atoms with Crippen LogP contribution >= 0.6 is 11.8 Å². The second-order valence-corrected chi connectivity index (χ2v) is 9.36. The van der Waals surface area contributed by atoms with E-state index in [0.717, 1.165) is 29.3 Å². The van der Waals surface area contributed by atoms with Crippen molar-refractivity contribution in [3.05, 3.63) is 59.7 Å². The molecule has 7 heteroatoms. The fourth-order valence-corrected chi connectivity index (χ4v) is 5.41. The van der Waals surface area contributed by atoms with Crippen LogP contribution in [0.2, 0.25) is 0 Å². The van der Waals surface area contributed by atoms with Crippen molar-refractivity contribution >= 4 is 23.0 Å². The molecule has 31 heavy (non-hydrogen) atoms. The van der Waals surface area contributed by atoms with Gasteiger partial charge < -0.3 is 20.3 Å². The van der Waals surface area contributed by atoms with Crippen LogP contribution in [0.25, 0.3) is 0 Å². The zero-order valence-electron chi connectivity index (χ0n) is 17.9. The highest BCUT2D eigenvalue weighted by Crippen LogP contribution is 2.41. The molecule has 0 radical (unpaired) electrons. The summed E-state index contributed by atoms with van der Waals surface area (Å²) in [4.78, 5) is 23.9. The van der Waals surface area contributed by atoms with E-state index >= 15 is 0 Å². The van der Waals surface area contributed by atoms with Gasteiger partial charge in [0.05, 0.1) is 12.1 Å². The molecule has 168 valence electrons. The topological polar surface area (TPSA) is 95.9 Å². The molecule has 2 saturated heterocycles. The highest BCUT2D eigenvalue weighted by molar-refractivity contribution is 8.14. The van der Waals surface area contributed by atoms with Crippen LogP contribution in [0.15, 0.2) is 54.1 Å². The van der Waals surface area contributed by atoms with Gasteiger partial charge in [-0.25, -0.2) is 4.79 Å². The number of ether oxygens (including phenoxy) is 1. The molecule has 0 spiro atoms. The predicted octanol–water partition coefficient (Wildman–Crippen LogP) is 4.30. The maximum Gasteiger partial charge on any atom is 0.331 e. The van der Waals surface area contributed by atoms with E-state index in [4.69, 9.17) is 4.74 Å². The van der Waals surface area contributed by atoms with Crippen molar-refractivity contribution in [2.24, 2.45) is 5.92 Å². The second kappa shape index (κ2) is 10.5. The molecule has 2 aliphatic heterocycles. The largest absolute Gasteiger partial charge is 0.478 e. The van der Waals surface area contributed by atoms with Crippen LogP contribution in [0.5, 0.6) is 0 Å². The number of carbonyl (C=O) groups excluding carboxylic acids is 1. The maximum atomic E-state index is 12.2. The number of rotatable bonds is 9. The van der Waals surface area contributed by atoms with E-state index < -0.39 is 17.8 Å². The number of thioether (sulfide) groups is 1. The van der Waals surface area contributed by atoms with Gasteiger partial charge in [0.2, 0.25) is 0 Å². The number of aliphatic hydroxyl groups is 1. The molecular formula is C24H31NO5S. The molecule has 4 atom stereocenters. The second-order valence-electron chi connectivity index (χ2n) is 8.37. The van der Waals surface area contributed by atoms with Gasteiger partial charge in [0.15, 0.2) is 5.79 Å². The van der Waals surface area contributed by atoms with Gasteiger partial charge in [0.1, 0.15) is 0 Å². The number of nitrogens with one attached hydrogen (secondary N) is 1. The van der Waals surface area contributed by atoms with E-state index in [0.29, 0.717) is 37.0 Å². The zero-order chi connectivity index (χ0) is 22.4. The quantitative estimate of drug-likeness (QED) is 0.388. The van der Waals surface area contributed by atoms with Crippen LogP contribution in [-0.2, 0) is 16.0 Å². The van der Waals surface area contributed by atoms with Crippen molar-refractivity contribution in [3.63, 3.8) is 0 Å². The van der Waals surface area contributed by atoms with Gasteiger partial charge in [0.25, 0.3) is 5.24 Å². The number of aryl methyl sites for hydroxylation is 1. The third-order valence-corrected chi connectivity index (χ3v) is 6.97.